The van der Waals surface area contributed by atoms with Gasteiger partial charge < -0.3 is 5.32 Å². The first-order chi connectivity index (χ1) is 11.3. The predicted octanol–water partition coefficient (Wildman–Crippen LogP) is 5.08. The van der Waals surface area contributed by atoms with Crippen molar-refractivity contribution < 1.29 is 0 Å². The molecule has 1 aromatic heterocycles. The second-order valence-corrected chi connectivity index (χ2v) is 6.58. The highest BCUT2D eigenvalue weighted by atomic mass is 15.2. The average molecular weight is 305 g/mol. The second-order valence-electron chi connectivity index (χ2n) is 6.58. The number of imidazole rings is 1. The van der Waals surface area contributed by atoms with Gasteiger partial charge in [0, 0.05) is 11.7 Å². The molecule has 23 heavy (non-hydrogen) atoms. The second kappa shape index (κ2) is 6.07. The molecule has 0 saturated heterocycles. The van der Waals surface area contributed by atoms with Crippen molar-refractivity contribution in [3.8, 4) is 5.69 Å². The summed E-state index contributed by atoms with van der Waals surface area (Å²) in [4.78, 5) is 4.88. The zero-order valence-electron chi connectivity index (χ0n) is 13.6. The molecule has 4 rings (SSSR count). The maximum Gasteiger partial charge on any atom is 0.208 e. The molecule has 3 nitrogen and oxygen atoms in total. The van der Waals surface area contributed by atoms with E-state index in [2.05, 4.69) is 65.3 Å². The highest BCUT2D eigenvalue weighted by Crippen LogP contribution is 2.28. The molecule has 1 N–H and O–H groups in total. The van der Waals surface area contributed by atoms with Gasteiger partial charge in [-0.2, -0.15) is 0 Å². The van der Waals surface area contributed by atoms with Crippen LogP contribution in [-0.4, -0.2) is 15.6 Å². The Bertz CT molecular complexity index is 798. The lowest BCUT2D eigenvalue weighted by atomic mass is 9.96. The largest absolute Gasteiger partial charge is 0.353 e. The Kier molecular flexibility index (Phi) is 3.78. The molecule has 1 aliphatic rings. The maximum atomic E-state index is 4.88. The highest BCUT2D eigenvalue weighted by Gasteiger charge is 2.18. The fraction of sp³-hybridized carbons (Fsp3) is 0.350. The normalized spacial score (nSPS) is 15.9. The molecule has 0 aliphatic heterocycles. The average Bonchev–Trinajstić information content (AvgIpc) is 2.93. The third-order valence-corrected chi connectivity index (χ3v) is 4.76. The van der Waals surface area contributed by atoms with E-state index in [0.29, 0.717) is 6.04 Å². The van der Waals surface area contributed by atoms with Gasteiger partial charge in [0.2, 0.25) is 5.95 Å². The van der Waals surface area contributed by atoms with Crippen LogP contribution in [0, 0.1) is 6.92 Å². The molecule has 118 valence electrons. The smallest absolute Gasteiger partial charge is 0.208 e. The molecule has 0 amide bonds. The standard InChI is InChI=1S/C20H23N3/c1-15-12-13-18-19(14-15)23(17-10-6-3-7-11-17)20(22-18)21-16-8-4-2-5-9-16/h3,6-7,10-14,16H,2,4-5,8-9H2,1H3,(H,21,22). The van der Waals surface area contributed by atoms with E-state index >= 15 is 0 Å². The summed E-state index contributed by atoms with van der Waals surface area (Å²) in [6.07, 6.45) is 6.51. The Balaban J connectivity index is 1.82. The lowest BCUT2D eigenvalue weighted by Gasteiger charge is -2.23. The fourth-order valence-electron chi connectivity index (χ4n) is 3.55. The SMILES string of the molecule is Cc1ccc2nc(NC3CCCCC3)n(-c3ccccc3)c2c1. The van der Waals surface area contributed by atoms with Crippen molar-refractivity contribution in [2.24, 2.45) is 0 Å². The van der Waals surface area contributed by atoms with Gasteiger partial charge in [0.25, 0.3) is 0 Å². The zero-order valence-corrected chi connectivity index (χ0v) is 13.6. The van der Waals surface area contributed by atoms with Crippen LogP contribution < -0.4 is 5.32 Å². The summed E-state index contributed by atoms with van der Waals surface area (Å²) >= 11 is 0. The number of benzene rings is 2. The number of anilines is 1. The van der Waals surface area contributed by atoms with Gasteiger partial charge in [-0.15, -0.1) is 0 Å². The maximum absolute atomic E-state index is 4.88. The summed E-state index contributed by atoms with van der Waals surface area (Å²) in [6, 6.07) is 17.5. The topological polar surface area (TPSA) is 29.9 Å². The van der Waals surface area contributed by atoms with Crippen LogP contribution in [-0.2, 0) is 0 Å². The van der Waals surface area contributed by atoms with Gasteiger partial charge >= 0.3 is 0 Å². The number of nitrogens with one attached hydrogen (secondary N) is 1. The Morgan fingerprint density at radius 2 is 1.78 bits per heavy atom. The monoisotopic (exact) mass is 305 g/mol. The van der Waals surface area contributed by atoms with Crippen LogP contribution in [0.25, 0.3) is 16.7 Å². The van der Waals surface area contributed by atoms with Crippen molar-refractivity contribution in [2.45, 2.75) is 45.1 Å². The van der Waals surface area contributed by atoms with Gasteiger partial charge in [0.05, 0.1) is 11.0 Å². The number of fused-ring (bicyclic) bond motifs is 1. The van der Waals surface area contributed by atoms with Crippen molar-refractivity contribution in [3.05, 3.63) is 54.1 Å². The number of nitrogens with zero attached hydrogens (tertiary/aromatic N) is 2. The quantitative estimate of drug-likeness (QED) is 0.731. The van der Waals surface area contributed by atoms with E-state index in [1.165, 1.54) is 48.9 Å². The minimum Gasteiger partial charge on any atom is -0.353 e. The number of para-hydroxylation sites is 1. The van der Waals surface area contributed by atoms with E-state index in [4.69, 9.17) is 4.98 Å². The van der Waals surface area contributed by atoms with Crippen molar-refractivity contribution in [2.75, 3.05) is 5.32 Å². The summed E-state index contributed by atoms with van der Waals surface area (Å²) in [5.41, 5.74) is 4.66. The van der Waals surface area contributed by atoms with E-state index in [0.717, 1.165) is 11.5 Å². The van der Waals surface area contributed by atoms with E-state index in [1.807, 2.05) is 0 Å². The van der Waals surface area contributed by atoms with Gasteiger partial charge in [-0.25, -0.2) is 4.98 Å². The predicted molar refractivity (Wildman–Crippen MR) is 96.3 cm³/mol. The van der Waals surface area contributed by atoms with Crippen molar-refractivity contribution >= 4 is 17.0 Å². The van der Waals surface area contributed by atoms with Gasteiger partial charge in [0.1, 0.15) is 0 Å². The third-order valence-electron chi connectivity index (χ3n) is 4.76. The molecule has 1 aliphatic carbocycles. The summed E-state index contributed by atoms with van der Waals surface area (Å²) in [5, 5.41) is 3.71. The number of rotatable bonds is 3. The number of aryl methyl sites for hydroxylation is 1. The molecule has 0 unspecified atom stereocenters. The van der Waals surface area contributed by atoms with E-state index in [1.54, 1.807) is 0 Å². The van der Waals surface area contributed by atoms with Crippen LogP contribution in [0.5, 0.6) is 0 Å². The zero-order chi connectivity index (χ0) is 15.6. The Morgan fingerprint density at radius 1 is 1.00 bits per heavy atom. The molecule has 0 bridgehead atoms. The molecule has 0 spiro atoms. The molecule has 3 heteroatoms. The van der Waals surface area contributed by atoms with Crippen LogP contribution in [0.4, 0.5) is 5.95 Å². The lowest BCUT2D eigenvalue weighted by Crippen LogP contribution is -2.24. The number of aromatic nitrogens is 2. The van der Waals surface area contributed by atoms with Crippen LogP contribution >= 0.6 is 0 Å². The Morgan fingerprint density at radius 3 is 2.57 bits per heavy atom. The third kappa shape index (κ3) is 2.83. The first-order valence-electron chi connectivity index (χ1n) is 8.62. The summed E-state index contributed by atoms with van der Waals surface area (Å²) in [6.45, 7) is 2.13. The molecular formula is C20H23N3. The molecule has 0 atom stereocenters. The minimum atomic E-state index is 0.545. The van der Waals surface area contributed by atoms with Gasteiger partial charge in [-0.3, -0.25) is 4.57 Å². The van der Waals surface area contributed by atoms with Crippen LogP contribution in [0.1, 0.15) is 37.7 Å². The molecule has 1 heterocycles. The summed E-state index contributed by atoms with van der Waals surface area (Å²) in [7, 11) is 0. The van der Waals surface area contributed by atoms with Crippen molar-refractivity contribution in [1.82, 2.24) is 9.55 Å². The van der Waals surface area contributed by atoms with Crippen LogP contribution in [0.2, 0.25) is 0 Å². The Hall–Kier alpha value is -2.29. The summed E-state index contributed by atoms with van der Waals surface area (Å²) < 4.78 is 2.26. The molecule has 1 saturated carbocycles. The molecule has 3 aromatic rings. The molecule has 1 fully saturated rings. The van der Waals surface area contributed by atoms with Crippen LogP contribution in [0.15, 0.2) is 48.5 Å². The first-order valence-corrected chi connectivity index (χ1v) is 8.62. The Labute approximate surface area is 137 Å². The van der Waals surface area contributed by atoms with E-state index < -0.39 is 0 Å². The van der Waals surface area contributed by atoms with E-state index in [9.17, 15) is 0 Å². The number of hydrogen-bond acceptors (Lipinski definition) is 2. The van der Waals surface area contributed by atoms with Crippen molar-refractivity contribution in [1.29, 1.82) is 0 Å². The van der Waals surface area contributed by atoms with Crippen LogP contribution in [0.3, 0.4) is 0 Å². The van der Waals surface area contributed by atoms with Gasteiger partial charge in [0.15, 0.2) is 0 Å². The van der Waals surface area contributed by atoms with Gasteiger partial charge in [-0.1, -0.05) is 43.5 Å². The minimum absolute atomic E-state index is 0.545. The van der Waals surface area contributed by atoms with Crippen molar-refractivity contribution in [3.63, 3.8) is 0 Å². The molecule has 0 radical (unpaired) electrons. The lowest BCUT2D eigenvalue weighted by molar-refractivity contribution is 0.460. The first kappa shape index (κ1) is 14.3. The van der Waals surface area contributed by atoms with E-state index in [-0.39, 0.29) is 0 Å². The van der Waals surface area contributed by atoms with Gasteiger partial charge in [-0.05, 0) is 49.6 Å². The summed E-state index contributed by atoms with van der Waals surface area (Å²) in [5.74, 6) is 0.976. The fourth-order valence-corrected chi connectivity index (χ4v) is 3.55. The number of hydrogen-bond donors (Lipinski definition) is 1. The highest BCUT2D eigenvalue weighted by molar-refractivity contribution is 5.82. The molecular weight excluding hydrogens is 282 g/mol. The molecule has 2 aromatic carbocycles.